The van der Waals surface area contributed by atoms with Gasteiger partial charge in [0.15, 0.2) is 11.2 Å². The lowest BCUT2D eigenvalue weighted by molar-refractivity contribution is -0.132. The number of esters is 3. The van der Waals surface area contributed by atoms with E-state index in [0.29, 0.717) is 44.9 Å². The molecule has 63 heavy (non-hydrogen) atoms. The topological polar surface area (TPSA) is 97.9 Å². The molecule has 7 aromatic rings. The lowest BCUT2D eigenvalue weighted by Gasteiger charge is -2.38. The molecule has 312 valence electrons. The van der Waals surface area contributed by atoms with Gasteiger partial charge in [0, 0.05) is 109 Å². The van der Waals surface area contributed by atoms with Crippen LogP contribution in [0, 0.1) is 6.92 Å². The van der Waals surface area contributed by atoms with E-state index >= 15 is 0 Å². The maximum atomic E-state index is 13.7. The number of ether oxygens (including phenoxy) is 4. The second-order valence-corrected chi connectivity index (χ2v) is 16.4. The molecule has 3 aliphatic rings. The molecule has 3 heterocycles. The first-order chi connectivity index (χ1) is 30.4. The van der Waals surface area contributed by atoms with Crippen LogP contribution in [0.4, 0.5) is 28.4 Å². The van der Waals surface area contributed by atoms with E-state index in [1.165, 1.54) is 12.5 Å². The summed E-state index contributed by atoms with van der Waals surface area (Å²) in [6.07, 6.45) is 0. The number of cyclic esters (lactones) is 1. The fourth-order valence-corrected chi connectivity index (χ4v) is 9.16. The van der Waals surface area contributed by atoms with E-state index in [2.05, 4.69) is 36.1 Å². The van der Waals surface area contributed by atoms with Crippen molar-refractivity contribution in [2.75, 3.05) is 42.9 Å². The van der Waals surface area contributed by atoms with Gasteiger partial charge in [-0.05, 0) is 85.8 Å². The van der Waals surface area contributed by atoms with Crippen LogP contribution in [-0.2, 0) is 25.5 Å². The largest absolute Gasteiger partial charge is 0.456 e. The summed E-state index contributed by atoms with van der Waals surface area (Å²) in [5, 5.41) is 0. The maximum absolute atomic E-state index is 13.7. The molecule has 1 spiro atoms. The van der Waals surface area contributed by atoms with Crippen molar-refractivity contribution in [1.82, 2.24) is 0 Å². The number of hydrogen-bond donors (Lipinski definition) is 0. The second kappa shape index (κ2) is 14.7. The molecule has 0 radical (unpaired) electrons. The Kier molecular flexibility index (Phi) is 9.14. The number of rotatable bonds is 8. The van der Waals surface area contributed by atoms with Gasteiger partial charge in [0.25, 0.3) is 0 Å². The van der Waals surface area contributed by atoms with Gasteiger partial charge < -0.3 is 33.6 Å². The molecule has 0 fully saturated rings. The number of hydrogen-bond acceptors (Lipinski definition) is 10. The molecular weight excluding hydrogens is 791 g/mol. The van der Waals surface area contributed by atoms with Crippen LogP contribution in [0.1, 0.15) is 66.6 Å². The van der Waals surface area contributed by atoms with Crippen molar-refractivity contribution in [3.05, 3.63) is 202 Å². The zero-order valence-electron chi connectivity index (χ0n) is 35.6. The Bertz CT molecular complexity index is 3020. The van der Waals surface area contributed by atoms with Gasteiger partial charge in [-0.2, -0.15) is 0 Å². The van der Waals surface area contributed by atoms with Crippen LogP contribution in [0.25, 0.3) is 0 Å². The normalized spacial score (nSPS) is 17.7. The van der Waals surface area contributed by atoms with E-state index in [1.807, 2.05) is 141 Å². The van der Waals surface area contributed by atoms with Crippen LogP contribution in [0.5, 0.6) is 17.2 Å². The molecule has 2 atom stereocenters. The zero-order valence-corrected chi connectivity index (χ0v) is 35.6. The summed E-state index contributed by atoms with van der Waals surface area (Å²) in [4.78, 5) is 45.9. The quantitative estimate of drug-likeness (QED) is 0.109. The van der Waals surface area contributed by atoms with Crippen LogP contribution in [0.15, 0.2) is 152 Å². The molecule has 0 aromatic heterocycles. The smallest absolute Gasteiger partial charge is 0.340 e. The highest BCUT2D eigenvalue weighted by molar-refractivity contribution is 5.98. The molecular formula is C53H43N3O7. The maximum Gasteiger partial charge on any atom is 0.340 e. The third kappa shape index (κ3) is 6.12. The lowest BCUT2D eigenvalue weighted by atomic mass is 9.77. The first-order valence-corrected chi connectivity index (χ1v) is 20.7. The van der Waals surface area contributed by atoms with Gasteiger partial charge in [-0.15, -0.1) is 0 Å². The molecule has 10 rings (SSSR count). The van der Waals surface area contributed by atoms with E-state index in [1.54, 1.807) is 24.3 Å². The molecule has 10 heteroatoms. The molecule has 0 aliphatic carbocycles. The van der Waals surface area contributed by atoms with Crippen LogP contribution >= 0.6 is 0 Å². The standard InChI is InChI=1S/C53H43N3O7/c1-32-15-19-35(20-16-32)56(6)39-24-27-45-49(31-39)61-47-28-25-38(29-46(47)53(45)43-14-10-8-12-41(43)51(59)63-53)55(5)36-21-17-34(18-22-36)52(42-13-9-7-11-40(42)50(58)62-52)44-26-23-37(54(3)4)30-48(44)60-33(2)57/h7-31H,1-6H3. The highest BCUT2D eigenvalue weighted by Gasteiger charge is 2.54. The van der Waals surface area contributed by atoms with Crippen molar-refractivity contribution < 1.29 is 33.3 Å². The average Bonchev–Trinajstić information content (AvgIpc) is 3.76. The summed E-state index contributed by atoms with van der Waals surface area (Å²) >= 11 is 0. The fourth-order valence-electron chi connectivity index (χ4n) is 9.16. The highest BCUT2D eigenvalue weighted by atomic mass is 16.6. The number of anilines is 5. The summed E-state index contributed by atoms with van der Waals surface area (Å²) in [7, 11) is 7.78. The number of carbonyl (C=O) groups is 3. The Morgan fingerprint density at radius 3 is 1.67 bits per heavy atom. The molecule has 10 nitrogen and oxygen atoms in total. The van der Waals surface area contributed by atoms with Crippen LogP contribution < -0.4 is 24.2 Å². The minimum atomic E-state index is -1.42. The Labute approximate surface area is 365 Å². The van der Waals surface area contributed by atoms with E-state index in [-0.39, 0.29) is 5.75 Å². The minimum absolute atomic E-state index is 0.287. The van der Waals surface area contributed by atoms with Gasteiger partial charge >= 0.3 is 17.9 Å². The fraction of sp³-hybridized carbons (Fsp3) is 0.151. The number of benzene rings is 7. The minimum Gasteiger partial charge on any atom is -0.456 e. The predicted molar refractivity (Wildman–Crippen MR) is 242 cm³/mol. The number of carbonyl (C=O) groups excluding carboxylic acids is 3. The summed E-state index contributed by atoms with van der Waals surface area (Å²) in [5.41, 5.74) is 7.80. The third-order valence-electron chi connectivity index (χ3n) is 12.4. The van der Waals surface area contributed by atoms with Crippen molar-refractivity contribution in [2.45, 2.75) is 25.0 Å². The molecule has 2 unspecified atom stereocenters. The van der Waals surface area contributed by atoms with Crippen molar-refractivity contribution in [3.8, 4) is 17.2 Å². The summed E-state index contributed by atoms with van der Waals surface area (Å²) in [5.74, 6) is 0.0705. The molecule has 0 saturated carbocycles. The van der Waals surface area contributed by atoms with Crippen molar-refractivity contribution in [3.63, 3.8) is 0 Å². The van der Waals surface area contributed by atoms with Crippen LogP contribution in [0.2, 0.25) is 0 Å². The number of aryl methyl sites for hydroxylation is 1. The molecule has 0 N–H and O–H groups in total. The monoisotopic (exact) mass is 833 g/mol. The number of fused-ring (bicyclic) bond motifs is 7. The van der Waals surface area contributed by atoms with Gasteiger partial charge in [0.1, 0.15) is 17.2 Å². The van der Waals surface area contributed by atoms with E-state index in [4.69, 9.17) is 18.9 Å². The first kappa shape index (κ1) is 39.3. The molecule has 3 aliphatic heterocycles. The van der Waals surface area contributed by atoms with Crippen molar-refractivity contribution >= 4 is 46.3 Å². The van der Waals surface area contributed by atoms with Crippen molar-refractivity contribution in [2.24, 2.45) is 0 Å². The second-order valence-electron chi connectivity index (χ2n) is 16.4. The van der Waals surface area contributed by atoms with E-state index < -0.39 is 29.1 Å². The molecule has 0 bridgehead atoms. The highest BCUT2D eigenvalue weighted by Crippen LogP contribution is 2.58. The Morgan fingerprint density at radius 2 is 1.03 bits per heavy atom. The van der Waals surface area contributed by atoms with Crippen LogP contribution in [0.3, 0.4) is 0 Å². The number of nitrogens with zero attached hydrogens (tertiary/aromatic N) is 3. The molecule has 0 amide bonds. The van der Waals surface area contributed by atoms with E-state index in [9.17, 15) is 14.4 Å². The third-order valence-corrected chi connectivity index (χ3v) is 12.4. The van der Waals surface area contributed by atoms with Gasteiger partial charge in [-0.25, -0.2) is 9.59 Å². The molecule has 7 aromatic carbocycles. The van der Waals surface area contributed by atoms with E-state index in [0.717, 1.165) is 39.6 Å². The Hall–Kier alpha value is -7.85. The predicted octanol–water partition coefficient (Wildman–Crippen LogP) is 10.6. The first-order valence-electron chi connectivity index (χ1n) is 20.7. The molecule has 0 saturated heterocycles. The summed E-state index contributed by atoms with van der Waals surface area (Å²) < 4.78 is 25.5. The SMILES string of the molecule is CC(=O)Oc1cc(N(C)C)ccc1C1(c2ccc(N(C)c3ccc4c(c3)C3(OC(=O)c5ccccc53)c3ccc(N(C)c5ccc(C)cc5)cc3O4)cc2)OC(=O)c2ccccc21. The summed E-state index contributed by atoms with van der Waals surface area (Å²) in [6, 6.07) is 48.4. The van der Waals surface area contributed by atoms with Crippen molar-refractivity contribution in [1.29, 1.82) is 0 Å². The van der Waals surface area contributed by atoms with Gasteiger partial charge in [-0.1, -0.05) is 66.2 Å². The summed E-state index contributed by atoms with van der Waals surface area (Å²) in [6.45, 7) is 3.41. The average molecular weight is 834 g/mol. The Morgan fingerprint density at radius 1 is 0.508 bits per heavy atom. The lowest BCUT2D eigenvalue weighted by Crippen LogP contribution is -2.33. The van der Waals surface area contributed by atoms with Gasteiger partial charge in [0.05, 0.1) is 11.1 Å². The van der Waals surface area contributed by atoms with Gasteiger partial charge in [-0.3, -0.25) is 4.79 Å². The van der Waals surface area contributed by atoms with Gasteiger partial charge in [0.2, 0.25) is 0 Å². The zero-order chi connectivity index (χ0) is 43.8. The van der Waals surface area contributed by atoms with Crippen LogP contribution in [-0.4, -0.2) is 46.1 Å². The Balaban J connectivity index is 1.05.